The molecule has 0 fully saturated rings. The predicted octanol–water partition coefficient (Wildman–Crippen LogP) is 4.00. The Morgan fingerprint density at radius 3 is 2.06 bits per heavy atom. The Morgan fingerprint density at radius 2 is 1.50 bits per heavy atom. The van der Waals surface area contributed by atoms with E-state index in [4.69, 9.17) is 0 Å². The van der Waals surface area contributed by atoms with Crippen LogP contribution in [-0.2, 0) is 4.79 Å². The van der Waals surface area contributed by atoms with Crippen molar-refractivity contribution in [1.82, 2.24) is 4.90 Å². The second-order valence-corrected chi connectivity index (χ2v) is 4.49. The number of rotatable bonds is 10. The standard InChI is InChI=1S/C14H29NO/c1-4-7-8-9-10-11-13-15(6-3)14(16)12-5-2/h4-13H2,1-3H3. The minimum Gasteiger partial charge on any atom is -0.343 e. The van der Waals surface area contributed by atoms with E-state index >= 15 is 0 Å². The van der Waals surface area contributed by atoms with Gasteiger partial charge < -0.3 is 4.90 Å². The first-order valence-electron chi connectivity index (χ1n) is 7.04. The lowest BCUT2D eigenvalue weighted by atomic mass is 10.1. The third-order valence-electron chi connectivity index (χ3n) is 2.98. The Balaban J connectivity index is 3.51. The molecule has 2 heteroatoms. The van der Waals surface area contributed by atoms with Crippen molar-refractivity contribution in [3.05, 3.63) is 0 Å². The molecule has 0 aromatic rings. The predicted molar refractivity (Wildman–Crippen MR) is 70.5 cm³/mol. The number of hydrogen-bond donors (Lipinski definition) is 0. The molecule has 0 aliphatic heterocycles. The van der Waals surface area contributed by atoms with E-state index in [1.54, 1.807) is 0 Å². The minimum atomic E-state index is 0.332. The molecule has 0 aromatic carbocycles. The second kappa shape index (κ2) is 11.0. The van der Waals surface area contributed by atoms with Gasteiger partial charge in [0.1, 0.15) is 0 Å². The smallest absolute Gasteiger partial charge is 0.222 e. The maximum atomic E-state index is 11.7. The summed E-state index contributed by atoms with van der Waals surface area (Å²) in [6, 6.07) is 0. The van der Waals surface area contributed by atoms with Crippen LogP contribution < -0.4 is 0 Å². The van der Waals surface area contributed by atoms with Crippen molar-refractivity contribution in [2.45, 2.75) is 72.1 Å². The topological polar surface area (TPSA) is 20.3 Å². The summed E-state index contributed by atoms with van der Waals surface area (Å²) in [5.41, 5.74) is 0. The van der Waals surface area contributed by atoms with E-state index in [1.165, 1.54) is 38.5 Å². The van der Waals surface area contributed by atoms with Gasteiger partial charge in [-0.05, 0) is 19.8 Å². The Bertz CT molecular complexity index is 168. The lowest BCUT2D eigenvalue weighted by Crippen LogP contribution is -2.31. The molecular formula is C14H29NO. The van der Waals surface area contributed by atoms with Gasteiger partial charge in [-0.3, -0.25) is 4.79 Å². The maximum absolute atomic E-state index is 11.7. The van der Waals surface area contributed by atoms with Crippen molar-refractivity contribution in [2.75, 3.05) is 13.1 Å². The van der Waals surface area contributed by atoms with E-state index in [0.29, 0.717) is 12.3 Å². The molecule has 0 saturated heterocycles. The highest BCUT2D eigenvalue weighted by atomic mass is 16.2. The highest BCUT2D eigenvalue weighted by Crippen LogP contribution is 2.07. The number of unbranched alkanes of at least 4 members (excludes halogenated alkanes) is 5. The van der Waals surface area contributed by atoms with E-state index in [0.717, 1.165) is 19.5 Å². The molecule has 0 saturated carbocycles. The minimum absolute atomic E-state index is 0.332. The summed E-state index contributed by atoms with van der Waals surface area (Å²) in [6.07, 6.45) is 9.46. The number of carbonyl (C=O) groups excluding carboxylic acids is 1. The molecule has 0 atom stereocenters. The molecule has 0 aliphatic rings. The molecule has 0 rings (SSSR count). The summed E-state index contributed by atoms with van der Waals surface area (Å²) in [6.45, 7) is 8.21. The van der Waals surface area contributed by atoms with Gasteiger partial charge in [-0.25, -0.2) is 0 Å². The molecule has 1 amide bonds. The molecule has 96 valence electrons. The molecule has 0 heterocycles. The number of nitrogens with zero attached hydrogens (tertiary/aromatic N) is 1. The first-order chi connectivity index (χ1) is 7.76. The third-order valence-corrected chi connectivity index (χ3v) is 2.98. The van der Waals surface area contributed by atoms with Gasteiger partial charge in [-0.2, -0.15) is 0 Å². The van der Waals surface area contributed by atoms with E-state index in [2.05, 4.69) is 20.8 Å². The first kappa shape index (κ1) is 15.5. The van der Waals surface area contributed by atoms with Gasteiger partial charge in [0.15, 0.2) is 0 Å². The Hall–Kier alpha value is -0.530. The summed E-state index contributed by atoms with van der Waals surface area (Å²) >= 11 is 0. The zero-order valence-electron chi connectivity index (χ0n) is 11.4. The van der Waals surface area contributed by atoms with Crippen LogP contribution in [0.5, 0.6) is 0 Å². The molecule has 0 aliphatic carbocycles. The van der Waals surface area contributed by atoms with Gasteiger partial charge in [0.05, 0.1) is 0 Å². The average Bonchev–Trinajstić information content (AvgIpc) is 2.28. The van der Waals surface area contributed by atoms with Gasteiger partial charge in [0.25, 0.3) is 0 Å². The molecule has 0 spiro atoms. The zero-order valence-corrected chi connectivity index (χ0v) is 11.4. The van der Waals surface area contributed by atoms with Crippen LogP contribution in [0.3, 0.4) is 0 Å². The van der Waals surface area contributed by atoms with E-state index in [9.17, 15) is 4.79 Å². The fourth-order valence-corrected chi connectivity index (χ4v) is 1.91. The number of amides is 1. The lowest BCUT2D eigenvalue weighted by molar-refractivity contribution is -0.131. The highest BCUT2D eigenvalue weighted by Gasteiger charge is 2.08. The fourth-order valence-electron chi connectivity index (χ4n) is 1.91. The van der Waals surface area contributed by atoms with Crippen LogP contribution in [0.4, 0.5) is 0 Å². The number of hydrogen-bond acceptors (Lipinski definition) is 1. The molecule has 2 nitrogen and oxygen atoms in total. The van der Waals surface area contributed by atoms with Crippen molar-refractivity contribution in [1.29, 1.82) is 0 Å². The maximum Gasteiger partial charge on any atom is 0.222 e. The summed E-state index contributed by atoms with van der Waals surface area (Å²) in [7, 11) is 0. The summed E-state index contributed by atoms with van der Waals surface area (Å²) in [4.78, 5) is 13.7. The summed E-state index contributed by atoms with van der Waals surface area (Å²) in [5, 5.41) is 0. The molecule has 16 heavy (non-hydrogen) atoms. The van der Waals surface area contributed by atoms with E-state index in [1.807, 2.05) is 4.90 Å². The van der Waals surface area contributed by atoms with Crippen molar-refractivity contribution in [3.8, 4) is 0 Å². The van der Waals surface area contributed by atoms with Gasteiger partial charge in [-0.1, -0.05) is 46.0 Å². The van der Waals surface area contributed by atoms with Gasteiger partial charge in [-0.15, -0.1) is 0 Å². The lowest BCUT2D eigenvalue weighted by Gasteiger charge is -2.20. The van der Waals surface area contributed by atoms with Crippen LogP contribution in [0, 0.1) is 0 Å². The van der Waals surface area contributed by atoms with Crippen LogP contribution in [-0.4, -0.2) is 23.9 Å². The van der Waals surface area contributed by atoms with Crippen LogP contribution >= 0.6 is 0 Å². The fraction of sp³-hybridized carbons (Fsp3) is 0.929. The van der Waals surface area contributed by atoms with E-state index in [-0.39, 0.29) is 0 Å². The van der Waals surface area contributed by atoms with Crippen molar-refractivity contribution in [2.24, 2.45) is 0 Å². The Labute approximate surface area is 101 Å². The largest absolute Gasteiger partial charge is 0.343 e. The summed E-state index contributed by atoms with van der Waals surface area (Å²) < 4.78 is 0. The van der Waals surface area contributed by atoms with Crippen molar-refractivity contribution in [3.63, 3.8) is 0 Å². The van der Waals surface area contributed by atoms with Crippen LogP contribution in [0.2, 0.25) is 0 Å². The third kappa shape index (κ3) is 7.72. The zero-order chi connectivity index (χ0) is 12.2. The quantitative estimate of drug-likeness (QED) is 0.517. The highest BCUT2D eigenvalue weighted by molar-refractivity contribution is 5.75. The van der Waals surface area contributed by atoms with Gasteiger partial charge in [0, 0.05) is 19.5 Å². The van der Waals surface area contributed by atoms with Crippen LogP contribution in [0.1, 0.15) is 72.1 Å². The summed E-state index contributed by atoms with van der Waals surface area (Å²) in [5.74, 6) is 0.332. The monoisotopic (exact) mass is 227 g/mol. The Morgan fingerprint density at radius 1 is 0.875 bits per heavy atom. The normalized spacial score (nSPS) is 10.4. The van der Waals surface area contributed by atoms with Crippen molar-refractivity contribution >= 4 is 5.91 Å². The van der Waals surface area contributed by atoms with Gasteiger partial charge in [0.2, 0.25) is 5.91 Å². The van der Waals surface area contributed by atoms with E-state index < -0.39 is 0 Å². The molecule has 0 bridgehead atoms. The van der Waals surface area contributed by atoms with Gasteiger partial charge >= 0.3 is 0 Å². The van der Waals surface area contributed by atoms with Crippen LogP contribution in [0.25, 0.3) is 0 Å². The first-order valence-corrected chi connectivity index (χ1v) is 7.04. The molecule has 0 N–H and O–H groups in total. The molecule has 0 radical (unpaired) electrons. The second-order valence-electron chi connectivity index (χ2n) is 4.49. The number of carbonyl (C=O) groups is 1. The Kier molecular flexibility index (Phi) is 10.6. The average molecular weight is 227 g/mol. The molecule has 0 aromatic heterocycles. The SMILES string of the molecule is CCCCCCCCN(CC)C(=O)CCC. The van der Waals surface area contributed by atoms with Crippen LogP contribution in [0.15, 0.2) is 0 Å². The molecular weight excluding hydrogens is 198 g/mol. The van der Waals surface area contributed by atoms with Crippen molar-refractivity contribution < 1.29 is 4.79 Å². The molecule has 0 unspecified atom stereocenters.